The fourth-order valence-electron chi connectivity index (χ4n) is 1.52. The molecule has 0 aromatic heterocycles. The Hall–Kier alpha value is -1.03. The van der Waals surface area contributed by atoms with Crippen LogP contribution >= 0.6 is 0 Å². The first-order valence-electron chi connectivity index (χ1n) is 5.28. The van der Waals surface area contributed by atoms with Crippen LogP contribution in [0.15, 0.2) is 12.2 Å². The highest BCUT2D eigenvalue weighted by molar-refractivity contribution is 5.68. The topological polar surface area (TPSA) is 64.3 Å². The second-order valence-corrected chi connectivity index (χ2v) is 4.87. The van der Waals surface area contributed by atoms with E-state index in [0.717, 1.165) is 6.42 Å². The molecule has 0 fully saturated rings. The van der Waals surface area contributed by atoms with Crippen molar-refractivity contribution in [3.63, 3.8) is 0 Å². The highest BCUT2D eigenvalue weighted by Gasteiger charge is 2.22. The van der Waals surface area contributed by atoms with E-state index in [-0.39, 0.29) is 12.1 Å². The molecule has 1 amide bonds. The molecule has 4 heteroatoms. The first-order chi connectivity index (χ1) is 6.90. The molecule has 2 atom stereocenters. The van der Waals surface area contributed by atoms with E-state index in [9.17, 15) is 4.79 Å². The number of nitrogens with two attached hydrogens (primary N) is 1. The SMILES string of the molecule is CC(C)(C)OC(=O)N[C@H]1C=C[C@@H](CN)C1. The maximum absolute atomic E-state index is 11.4. The van der Waals surface area contributed by atoms with Gasteiger partial charge in [-0.25, -0.2) is 4.79 Å². The number of hydrogen-bond acceptors (Lipinski definition) is 3. The Kier molecular flexibility index (Phi) is 3.74. The Morgan fingerprint density at radius 3 is 2.67 bits per heavy atom. The van der Waals surface area contributed by atoms with Crippen LogP contribution in [0.5, 0.6) is 0 Å². The maximum atomic E-state index is 11.4. The largest absolute Gasteiger partial charge is 0.444 e. The van der Waals surface area contributed by atoms with Gasteiger partial charge in [-0.2, -0.15) is 0 Å². The summed E-state index contributed by atoms with van der Waals surface area (Å²) in [6.45, 7) is 6.17. The lowest BCUT2D eigenvalue weighted by Crippen LogP contribution is -2.38. The van der Waals surface area contributed by atoms with Crippen molar-refractivity contribution in [3.8, 4) is 0 Å². The van der Waals surface area contributed by atoms with Crippen molar-refractivity contribution in [3.05, 3.63) is 12.2 Å². The van der Waals surface area contributed by atoms with Gasteiger partial charge in [-0.05, 0) is 39.7 Å². The summed E-state index contributed by atoms with van der Waals surface area (Å²) in [4.78, 5) is 11.4. The number of alkyl carbamates (subject to hydrolysis) is 1. The van der Waals surface area contributed by atoms with Crippen LogP contribution in [0, 0.1) is 5.92 Å². The van der Waals surface area contributed by atoms with Crippen molar-refractivity contribution in [2.75, 3.05) is 6.54 Å². The maximum Gasteiger partial charge on any atom is 0.408 e. The molecule has 4 nitrogen and oxygen atoms in total. The zero-order valence-corrected chi connectivity index (χ0v) is 9.62. The molecule has 3 N–H and O–H groups in total. The van der Waals surface area contributed by atoms with Crippen molar-refractivity contribution in [2.45, 2.75) is 38.8 Å². The predicted octanol–water partition coefficient (Wildman–Crippen LogP) is 1.41. The van der Waals surface area contributed by atoms with Gasteiger partial charge in [0.05, 0.1) is 6.04 Å². The molecule has 0 aromatic carbocycles. The number of rotatable bonds is 2. The molecule has 1 rings (SSSR count). The minimum atomic E-state index is -0.445. The van der Waals surface area contributed by atoms with Crippen LogP contribution in [0.3, 0.4) is 0 Å². The van der Waals surface area contributed by atoms with E-state index in [1.165, 1.54) is 0 Å². The number of nitrogens with one attached hydrogen (secondary N) is 1. The summed E-state index contributed by atoms with van der Waals surface area (Å²) in [5.41, 5.74) is 5.09. The third kappa shape index (κ3) is 4.34. The van der Waals surface area contributed by atoms with Crippen molar-refractivity contribution in [2.24, 2.45) is 11.7 Å². The lowest BCUT2D eigenvalue weighted by Gasteiger charge is -2.21. The van der Waals surface area contributed by atoms with Crippen molar-refractivity contribution in [1.82, 2.24) is 5.32 Å². The minimum absolute atomic E-state index is 0.0633. The summed E-state index contributed by atoms with van der Waals surface area (Å²) in [5.74, 6) is 0.380. The molecule has 0 heterocycles. The van der Waals surface area contributed by atoms with Crippen molar-refractivity contribution in [1.29, 1.82) is 0 Å². The first-order valence-corrected chi connectivity index (χ1v) is 5.28. The lowest BCUT2D eigenvalue weighted by molar-refractivity contribution is 0.0513. The number of amides is 1. The molecule has 1 aliphatic rings. The van der Waals surface area contributed by atoms with E-state index in [0.29, 0.717) is 12.5 Å². The molecular formula is C11H20N2O2. The smallest absolute Gasteiger partial charge is 0.408 e. The Morgan fingerprint density at radius 1 is 1.53 bits per heavy atom. The lowest BCUT2D eigenvalue weighted by atomic mass is 10.1. The van der Waals surface area contributed by atoms with Gasteiger partial charge in [0, 0.05) is 0 Å². The number of ether oxygens (including phenoxy) is 1. The van der Waals surface area contributed by atoms with E-state index < -0.39 is 5.60 Å². The van der Waals surface area contributed by atoms with Crippen LogP contribution in [0.2, 0.25) is 0 Å². The molecule has 0 radical (unpaired) electrons. The molecule has 1 aliphatic carbocycles. The summed E-state index contributed by atoms with van der Waals surface area (Å²) < 4.78 is 5.15. The molecule has 0 aromatic rings. The van der Waals surface area contributed by atoms with Crippen LogP contribution in [-0.2, 0) is 4.74 Å². The molecule has 0 spiro atoms. The monoisotopic (exact) mass is 212 g/mol. The minimum Gasteiger partial charge on any atom is -0.444 e. The van der Waals surface area contributed by atoms with Crippen LogP contribution in [0.1, 0.15) is 27.2 Å². The Balaban J connectivity index is 2.32. The first kappa shape index (κ1) is 12.0. The molecule has 0 saturated heterocycles. The average molecular weight is 212 g/mol. The quantitative estimate of drug-likeness (QED) is 0.680. The third-order valence-electron chi connectivity index (χ3n) is 2.18. The van der Waals surface area contributed by atoms with Crippen LogP contribution in [0.4, 0.5) is 4.79 Å². The normalized spacial score (nSPS) is 25.3. The summed E-state index contributed by atoms with van der Waals surface area (Å²) >= 11 is 0. The Bertz CT molecular complexity index is 256. The summed E-state index contributed by atoms with van der Waals surface area (Å²) in [5, 5.41) is 2.80. The molecule has 0 bridgehead atoms. The summed E-state index contributed by atoms with van der Waals surface area (Å²) in [6, 6.07) is 0.0633. The van der Waals surface area contributed by atoms with Gasteiger partial charge >= 0.3 is 6.09 Å². The molecule has 0 saturated carbocycles. The fourth-order valence-corrected chi connectivity index (χ4v) is 1.52. The zero-order chi connectivity index (χ0) is 11.5. The predicted molar refractivity (Wildman–Crippen MR) is 59.5 cm³/mol. The Labute approximate surface area is 90.9 Å². The fraction of sp³-hybridized carbons (Fsp3) is 0.727. The van der Waals surface area contributed by atoms with Gasteiger partial charge in [0.1, 0.15) is 5.60 Å². The number of carbonyl (C=O) groups excluding carboxylic acids is 1. The van der Waals surface area contributed by atoms with Gasteiger partial charge in [0.25, 0.3) is 0 Å². The average Bonchev–Trinajstić information content (AvgIpc) is 2.48. The third-order valence-corrected chi connectivity index (χ3v) is 2.18. The molecule has 15 heavy (non-hydrogen) atoms. The van der Waals surface area contributed by atoms with Crippen molar-refractivity contribution >= 4 is 6.09 Å². The van der Waals surface area contributed by atoms with Crippen LogP contribution in [-0.4, -0.2) is 24.3 Å². The van der Waals surface area contributed by atoms with Gasteiger partial charge in [-0.1, -0.05) is 12.2 Å². The molecule has 0 aliphatic heterocycles. The molecule has 0 unspecified atom stereocenters. The van der Waals surface area contributed by atoms with E-state index >= 15 is 0 Å². The highest BCUT2D eigenvalue weighted by Crippen LogP contribution is 2.17. The molecular weight excluding hydrogens is 192 g/mol. The summed E-state index contributed by atoms with van der Waals surface area (Å²) in [6.07, 6.45) is 4.52. The van der Waals surface area contributed by atoms with Crippen molar-refractivity contribution < 1.29 is 9.53 Å². The van der Waals surface area contributed by atoms with E-state index in [1.54, 1.807) is 0 Å². The van der Waals surface area contributed by atoms with Crippen LogP contribution in [0.25, 0.3) is 0 Å². The molecule has 86 valence electrons. The number of hydrogen-bond donors (Lipinski definition) is 2. The van der Waals surface area contributed by atoms with Gasteiger partial charge in [0.2, 0.25) is 0 Å². The second kappa shape index (κ2) is 4.66. The zero-order valence-electron chi connectivity index (χ0n) is 9.62. The number of carbonyl (C=O) groups is 1. The second-order valence-electron chi connectivity index (χ2n) is 4.87. The summed E-state index contributed by atoms with van der Waals surface area (Å²) in [7, 11) is 0. The van der Waals surface area contributed by atoms with Crippen LogP contribution < -0.4 is 11.1 Å². The van der Waals surface area contributed by atoms with Gasteiger partial charge < -0.3 is 15.8 Å². The van der Waals surface area contributed by atoms with Gasteiger partial charge in [-0.3, -0.25) is 0 Å². The van der Waals surface area contributed by atoms with Gasteiger partial charge in [-0.15, -0.1) is 0 Å². The van der Waals surface area contributed by atoms with E-state index in [1.807, 2.05) is 32.9 Å². The Morgan fingerprint density at radius 2 is 2.20 bits per heavy atom. The highest BCUT2D eigenvalue weighted by atomic mass is 16.6. The van der Waals surface area contributed by atoms with Gasteiger partial charge in [0.15, 0.2) is 0 Å². The van der Waals surface area contributed by atoms with E-state index in [2.05, 4.69) is 5.32 Å². The standard InChI is InChI=1S/C11H20N2O2/c1-11(2,3)15-10(14)13-9-5-4-8(6-9)7-12/h4-5,8-9H,6-7,12H2,1-3H3,(H,13,14)/t8-,9+/m1/s1. The van der Waals surface area contributed by atoms with E-state index in [4.69, 9.17) is 10.5 Å².